The first-order valence-electron chi connectivity index (χ1n) is 7.01. The van der Waals surface area contributed by atoms with Gasteiger partial charge in [-0.2, -0.15) is 0 Å². The number of aliphatic hydroxyl groups is 1. The fourth-order valence-corrected chi connectivity index (χ4v) is 2.59. The van der Waals surface area contributed by atoms with Crippen molar-refractivity contribution in [2.24, 2.45) is 0 Å². The maximum atomic E-state index is 9.78. The van der Waals surface area contributed by atoms with Crippen LogP contribution in [0.25, 0.3) is 0 Å². The van der Waals surface area contributed by atoms with Crippen molar-refractivity contribution in [3.63, 3.8) is 0 Å². The third-order valence-corrected chi connectivity index (χ3v) is 3.73. The zero-order valence-corrected chi connectivity index (χ0v) is 11.9. The highest BCUT2D eigenvalue weighted by atomic mass is 16.5. The van der Waals surface area contributed by atoms with Gasteiger partial charge in [-0.05, 0) is 20.0 Å². The summed E-state index contributed by atoms with van der Waals surface area (Å²) in [5.41, 5.74) is 1.09. The number of hydrogen-bond donors (Lipinski definition) is 1. The fourth-order valence-electron chi connectivity index (χ4n) is 2.59. The topological polar surface area (TPSA) is 35.9 Å². The number of hydrogen-bond acceptors (Lipinski definition) is 4. The van der Waals surface area contributed by atoms with Crippen molar-refractivity contribution in [2.45, 2.75) is 13.0 Å². The molecule has 1 aliphatic rings. The third kappa shape index (κ3) is 3.47. The summed E-state index contributed by atoms with van der Waals surface area (Å²) in [7, 11) is 2.14. The van der Waals surface area contributed by atoms with Crippen molar-refractivity contribution in [1.29, 1.82) is 0 Å². The molecule has 0 amide bonds. The molecule has 1 aliphatic heterocycles. The highest BCUT2D eigenvalue weighted by molar-refractivity contribution is 5.36. The van der Waals surface area contributed by atoms with Gasteiger partial charge in [-0.15, -0.1) is 0 Å². The molecule has 0 spiro atoms. The highest BCUT2D eigenvalue weighted by Gasteiger charge is 2.25. The Morgan fingerprint density at radius 3 is 2.53 bits per heavy atom. The SMILES string of the molecule is CCOc1ccccc1C(CO)N1CCN(C)CC1. The minimum Gasteiger partial charge on any atom is -0.494 e. The van der Waals surface area contributed by atoms with Crippen LogP contribution in [0.1, 0.15) is 18.5 Å². The first-order chi connectivity index (χ1) is 9.26. The van der Waals surface area contributed by atoms with Crippen LogP contribution in [0.5, 0.6) is 5.75 Å². The van der Waals surface area contributed by atoms with E-state index in [1.165, 1.54) is 0 Å². The number of likely N-dealkylation sites (N-methyl/N-ethyl adjacent to an activating group) is 1. The number of piperazine rings is 1. The molecular formula is C15H24N2O2. The first-order valence-corrected chi connectivity index (χ1v) is 7.01. The molecule has 1 saturated heterocycles. The molecule has 4 heteroatoms. The molecule has 0 bridgehead atoms. The largest absolute Gasteiger partial charge is 0.494 e. The lowest BCUT2D eigenvalue weighted by atomic mass is 10.0. The van der Waals surface area contributed by atoms with Gasteiger partial charge in [-0.1, -0.05) is 18.2 Å². The Morgan fingerprint density at radius 1 is 1.21 bits per heavy atom. The van der Waals surface area contributed by atoms with Crippen molar-refractivity contribution >= 4 is 0 Å². The molecule has 19 heavy (non-hydrogen) atoms. The maximum Gasteiger partial charge on any atom is 0.124 e. The van der Waals surface area contributed by atoms with Crippen LogP contribution < -0.4 is 4.74 Å². The van der Waals surface area contributed by atoms with E-state index in [0.717, 1.165) is 37.5 Å². The molecule has 0 saturated carbocycles. The number of aliphatic hydroxyl groups excluding tert-OH is 1. The number of benzene rings is 1. The fraction of sp³-hybridized carbons (Fsp3) is 0.600. The summed E-state index contributed by atoms with van der Waals surface area (Å²) in [5.74, 6) is 0.892. The number of rotatable bonds is 5. The molecule has 1 aromatic carbocycles. The van der Waals surface area contributed by atoms with Crippen molar-refractivity contribution < 1.29 is 9.84 Å². The van der Waals surface area contributed by atoms with E-state index in [4.69, 9.17) is 4.74 Å². The molecule has 1 heterocycles. The van der Waals surface area contributed by atoms with Gasteiger partial charge in [0.25, 0.3) is 0 Å². The Labute approximate surface area is 115 Å². The molecule has 0 aliphatic carbocycles. The lowest BCUT2D eigenvalue weighted by molar-refractivity contribution is 0.0732. The summed E-state index contributed by atoms with van der Waals surface area (Å²) in [6.45, 7) is 6.84. The van der Waals surface area contributed by atoms with Crippen LogP contribution in [0.3, 0.4) is 0 Å². The van der Waals surface area contributed by atoms with Gasteiger partial charge in [0.2, 0.25) is 0 Å². The second kappa shape index (κ2) is 6.89. The Balaban J connectivity index is 2.17. The lowest BCUT2D eigenvalue weighted by Gasteiger charge is -2.37. The quantitative estimate of drug-likeness (QED) is 0.871. The lowest BCUT2D eigenvalue weighted by Crippen LogP contribution is -2.46. The zero-order chi connectivity index (χ0) is 13.7. The normalized spacial score (nSPS) is 19.3. The van der Waals surface area contributed by atoms with E-state index in [9.17, 15) is 5.11 Å². The molecule has 1 atom stereocenters. The van der Waals surface area contributed by atoms with Crippen LogP contribution in [0, 0.1) is 0 Å². The number of nitrogens with zero attached hydrogens (tertiary/aromatic N) is 2. The number of ether oxygens (including phenoxy) is 1. The Morgan fingerprint density at radius 2 is 1.89 bits per heavy atom. The van der Waals surface area contributed by atoms with Crippen LogP contribution in [0.2, 0.25) is 0 Å². The van der Waals surface area contributed by atoms with Crippen molar-refractivity contribution in [1.82, 2.24) is 9.80 Å². The summed E-state index contributed by atoms with van der Waals surface area (Å²) >= 11 is 0. The Hall–Kier alpha value is -1.10. The average molecular weight is 264 g/mol. The molecular weight excluding hydrogens is 240 g/mol. The predicted octanol–water partition coefficient (Wildman–Crippen LogP) is 1.37. The van der Waals surface area contributed by atoms with Crippen molar-refractivity contribution in [3.8, 4) is 5.75 Å². The molecule has 106 valence electrons. The van der Waals surface area contributed by atoms with Crippen LogP contribution >= 0.6 is 0 Å². The summed E-state index contributed by atoms with van der Waals surface area (Å²) < 4.78 is 5.68. The van der Waals surface area contributed by atoms with Gasteiger partial charge in [-0.3, -0.25) is 4.90 Å². The standard InChI is InChI=1S/C15H24N2O2/c1-3-19-15-7-5-4-6-13(15)14(12-18)17-10-8-16(2)9-11-17/h4-7,14,18H,3,8-12H2,1-2H3. The minimum absolute atomic E-state index is 0.0384. The van der Waals surface area contributed by atoms with E-state index >= 15 is 0 Å². The van der Waals surface area contributed by atoms with Crippen LogP contribution in [0.4, 0.5) is 0 Å². The second-order valence-corrected chi connectivity index (χ2v) is 5.01. The molecule has 0 aromatic heterocycles. The van der Waals surface area contributed by atoms with E-state index in [1.807, 2.05) is 25.1 Å². The van der Waals surface area contributed by atoms with Gasteiger partial charge in [0.05, 0.1) is 19.3 Å². The van der Waals surface area contributed by atoms with Gasteiger partial charge >= 0.3 is 0 Å². The first kappa shape index (κ1) is 14.3. The molecule has 4 nitrogen and oxygen atoms in total. The Bertz CT molecular complexity index is 389. The Kier molecular flexibility index (Phi) is 5.19. The smallest absolute Gasteiger partial charge is 0.124 e. The molecule has 1 unspecified atom stereocenters. The van der Waals surface area contributed by atoms with E-state index in [0.29, 0.717) is 6.61 Å². The van der Waals surface area contributed by atoms with E-state index in [1.54, 1.807) is 0 Å². The van der Waals surface area contributed by atoms with Crippen LogP contribution in [0.15, 0.2) is 24.3 Å². The predicted molar refractivity (Wildman–Crippen MR) is 76.5 cm³/mol. The third-order valence-electron chi connectivity index (χ3n) is 3.73. The maximum absolute atomic E-state index is 9.78. The van der Waals surface area contributed by atoms with E-state index in [2.05, 4.69) is 22.9 Å². The van der Waals surface area contributed by atoms with Gasteiger partial charge < -0.3 is 14.7 Å². The van der Waals surface area contributed by atoms with Gasteiger partial charge in [0.15, 0.2) is 0 Å². The summed E-state index contributed by atoms with van der Waals surface area (Å²) in [4.78, 5) is 4.66. The molecule has 1 fully saturated rings. The summed E-state index contributed by atoms with van der Waals surface area (Å²) in [5, 5.41) is 9.78. The van der Waals surface area contributed by atoms with Crippen LogP contribution in [-0.2, 0) is 0 Å². The minimum atomic E-state index is 0.0384. The molecule has 1 N–H and O–H groups in total. The monoisotopic (exact) mass is 264 g/mol. The van der Waals surface area contributed by atoms with Crippen molar-refractivity contribution in [3.05, 3.63) is 29.8 Å². The van der Waals surface area contributed by atoms with Crippen molar-refractivity contribution in [2.75, 3.05) is 46.4 Å². The average Bonchev–Trinajstić information content (AvgIpc) is 2.44. The zero-order valence-electron chi connectivity index (χ0n) is 11.9. The molecule has 0 radical (unpaired) electrons. The van der Waals surface area contributed by atoms with E-state index < -0.39 is 0 Å². The van der Waals surface area contributed by atoms with Crippen LogP contribution in [-0.4, -0.2) is 61.3 Å². The molecule has 1 aromatic rings. The second-order valence-electron chi connectivity index (χ2n) is 5.01. The van der Waals surface area contributed by atoms with Gasteiger partial charge in [0.1, 0.15) is 5.75 Å². The summed E-state index contributed by atoms with van der Waals surface area (Å²) in [6, 6.07) is 8.07. The highest BCUT2D eigenvalue weighted by Crippen LogP contribution is 2.29. The van der Waals surface area contributed by atoms with Gasteiger partial charge in [-0.25, -0.2) is 0 Å². The van der Waals surface area contributed by atoms with E-state index in [-0.39, 0.29) is 12.6 Å². The number of para-hydroxylation sites is 1. The summed E-state index contributed by atoms with van der Waals surface area (Å²) in [6.07, 6.45) is 0. The van der Waals surface area contributed by atoms with Gasteiger partial charge in [0, 0.05) is 31.7 Å². The molecule has 2 rings (SSSR count).